The molecule has 1 amide bonds. The van der Waals surface area contributed by atoms with E-state index in [1.807, 2.05) is 39.8 Å². The normalized spacial score (nSPS) is 18.6. The van der Waals surface area contributed by atoms with Crippen LogP contribution in [0.1, 0.15) is 40.5 Å². The number of carbonyl (C=O) groups excluding carboxylic acids is 1. The fourth-order valence-corrected chi connectivity index (χ4v) is 2.65. The van der Waals surface area contributed by atoms with Gasteiger partial charge in [-0.1, -0.05) is 20.8 Å². The second-order valence-corrected chi connectivity index (χ2v) is 7.08. The molecule has 6 nitrogen and oxygen atoms in total. The van der Waals surface area contributed by atoms with Crippen LogP contribution in [0.2, 0.25) is 0 Å². The molecule has 1 aromatic rings. The Balaban J connectivity index is 1.89. The Morgan fingerprint density at radius 3 is 2.78 bits per heavy atom. The van der Waals surface area contributed by atoms with Crippen molar-refractivity contribution < 1.29 is 9.53 Å². The number of amides is 1. The first kappa shape index (κ1) is 17.5. The summed E-state index contributed by atoms with van der Waals surface area (Å²) in [5.41, 5.74) is -0.338. The Bertz CT molecular complexity index is 510. The minimum absolute atomic E-state index is 0.107. The maximum absolute atomic E-state index is 12.0. The highest BCUT2D eigenvalue weighted by Gasteiger charge is 2.25. The predicted molar refractivity (Wildman–Crippen MR) is 90.6 cm³/mol. The summed E-state index contributed by atoms with van der Waals surface area (Å²) < 4.78 is 5.33. The summed E-state index contributed by atoms with van der Waals surface area (Å²) in [5.74, 6) is 1.99. The molecule has 0 saturated carbocycles. The van der Waals surface area contributed by atoms with Crippen LogP contribution in [0.25, 0.3) is 0 Å². The Labute approximate surface area is 138 Å². The van der Waals surface area contributed by atoms with Gasteiger partial charge in [0.1, 0.15) is 0 Å². The molecular formula is C17H28N4O2. The zero-order chi connectivity index (χ0) is 16.9. The molecule has 0 bridgehead atoms. The number of hydrogen-bond acceptors (Lipinski definition) is 5. The molecule has 128 valence electrons. The number of aromatic nitrogens is 2. The van der Waals surface area contributed by atoms with E-state index in [2.05, 4.69) is 20.4 Å². The van der Waals surface area contributed by atoms with Gasteiger partial charge in [-0.15, -0.1) is 10.2 Å². The van der Waals surface area contributed by atoms with Gasteiger partial charge in [0.25, 0.3) is 0 Å². The lowest BCUT2D eigenvalue weighted by molar-refractivity contribution is -0.128. The van der Waals surface area contributed by atoms with E-state index in [1.165, 1.54) is 0 Å². The zero-order valence-electron chi connectivity index (χ0n) is 14.6. The Morgan fingerprint density at radius 1 is 1.39 bits per heavy atom. The van der Waals surface area contributed by atoms with E-state index in [4.69, 9.17) is 4.74 Å². The number of hydrogen-bond donors (Lipinski definition) is 1. The molecule has 0 spiro atoms. The highest BCUT2D eigenvalue weighted by Crippen LogP contribution is 2.22. The first-order valence-electron chi connectivity index (χ1n) is 8.40. The molecule has 0 radical (unpaired) electrons. The highest BCUT2D eigenvalue weighted by atomic mass is 16.5. The van der Waals surface area contributed by atoms with Crippen LogP contribution >= 0.6 is 0 Å². The molecule has 0 aliphatic carbocycles. The van der Waals surface area contributed by atoms with Crippen molar-refractivity contribution in [3.05, 3.63) is 12.1 Å². The molecule has 2 heterocycles. The minimum Gasteiger partial charge on any atom is -0.477 e. The molecular weight excluding hydrogens is 292 g/mol. The molecule has 1 aliphatic heterocycles. The van der Waals surface area contributed by atoms with E-state index < -0.39 is 0 Å². The lowest BCUT2D eigenvalue weighted by Crippen LogP contribution is -2.43. The fraction of sp³-hybridized carbons (Fsp3) is 0.706. The summed E-state index contributed by atoms with van der Waals surface area (Å²) >= 11 is 0. The third-order valence-corrected chi connectivity index (χ3v) is 3.99. The zero-order valence-corrected chi connectivity index (χ0v) is 14.6. The van der Waals surface area contributed by atoms with E-state index in [-0.39, 0.29) is 11.3 Å². The van der Waals surface area contributed by atoms with Crippen LogP contribution in [0.4, 0.5) is 5.82 Å². The summed E-state index contributed by atoms with van der Waals surface area (Å²) in [7, 11) is 0. The maximum Gasteiger partial charge on any atom is 0.233 e. The number of anilines is 1. The van der Waals surface area contributed by atoms with Crippen LogP contribution in [0, 0.1) is 11.3 Å². The van der Waals surface area contributed by atoms with Gasteiger partial charge in [-0.25, -0.2) is 0 Å². The number of rotatable bonds is 5. The molecule has 2 rings (SSSR count). The third-order valence-electron chi connectivity index (χ3n) is 3.99. The standard InChI is InChI=1S/C17H28N4O2/c1-5-23-15-9-8-14(19-20-15)21-10-6-7-13(12-21)11-18-16(22)17(2,3)4/h8-9,13H,5-7,10-12H2,1-4H3,(H,18,22). The Kier molecular flexibility index (Phi) is 5.80. The van der Waals surface area contributed by atoms with Crippen LogP contribution in [-0.2, 0) is 4.79 Å². The second kappa shape index (κ2) is 7.62. The van der Waals surface area contributed by atoms with Gasteiger partial charge in [0, 0.05) is 31.1 Å². The number of carbonyl (C=O) groups is 1. The molecule has 6 heteroatoms. The van der Waals surface area contributed by atoms with Crippen molar-refractivity contribution in [1.82, 2.24) is 15.5 Å². The molecule has 1 aromatic heterocycles. The summed E-state index contributed by atoms with van der Waals surface area (Å²) in [6, 6.07) is 3.81. The monoisotopic (exact) mass is 320 g/mol. The van der Waals surface area contributed by atoms with E-state index >= 15 is 0 Å². The maximum atomic E-state index is 12.0. The lowest BCUT2D eigenvalue weighted by Gasteiger charge is -2.33. The van der Waals surface area contributed by atoms with Gasteiger partial charge in [-0.2, -0.15) is 0 Å². The summed E-state index contributed by atoms with van der Waals surface area (Å²) in [6.45, 7) is 10.9. The summed E-state index contributed by atoms with van der Waals surface area (Å²) in [4.78, 5) is 14.2. The van der Waals surface area contributed by atoms with E-state index in [0.29, 0.717) is 18.4 Å². The molecule has 1 saturated heterocycles. The van der Waals surface area contributed by atoms with Gasteiger partial charge >= 0.3 is 0 Å². The van der Waals surface area contributed by atoms with Gasteiger partial charge < -0.3 is 15.0 Å². The second-order valence-electron chi connectivity index (χ2n) is 7.08. The predicted octanol–water partition coefficient (Wildman–Crippen LogP) is 2.25. The Hall–Kier alpha value is -1.85. The van der Waals surface area contributed by atoms with Crippen molar-refractivity contribution in [1.29, 1.82) is 0 Å². The molecule has 0 aromatic carbocycles. The van der Waals surface area contributed by atoms with Crippen molar-refractivity contribution in [2.24, 2.45) is 11.3 Å². The van der Waals surface area contributed by atoms with Crippen molar-refractivity contribution in [2.75, 3.05) is 31.1 Å². The van der Waals surface area contributed by atoms with Gasteiger partial charge in [-0.3, -0.25) is 4.79 Å². The van der Waals surface area contributed by atoms with Crippen molar-refractivity contribution in [3.63, 3.8) is 0 Å². The topological polar surface area (TPSA) is 67.3 Å². The van der Waals surface area contributed by atoms with Crippen molar-refractivity contribution in [2.45, 2.75) is 40.5 Å². The van der Waals surface area contributed by atoms with E-state index in [1.54, 1.807) is 0 Å². The average molecular weight is 320 g/mol. The van der Waals surface area contributed by atoms with Crippen molar-refractivity contribution >= 4 is 11.7 Å². The van der Waals surface area contributed by atoms with Crippen LogP contribution in [0.15, 0.2) is 12.1 Å². The number of nitrogens with zero attached hydrogens (tertiary/aromatic N) is 3. The fourth-order valence-electron chi connectivity index (χ4n) is 2.65. The van der Waals surface area contributed by atoms with Gasteiger partial charge in [0.05, 0.1) is 6.61 Å². The quantitative estimate of drug-likeness (QED) is 0.901. The molecule has 1 atom stereocenters. The van der Waals surface area contributed by atoms with E-state index in [9.17, 15) is 4.79 Å². The lowest BCUT2D eigenvalue weighted by atomic mass is 9.94. The number of piperidine rings is 1. The van der Waals surface area contributed by atoms with Gasteiger partial charge in [0.15, 0.2) is 5.82 Å². The summed E-state index contributed by atoms with van der Waals surface area (Å²) in [6.07, 6.45) is 2.23. The van der Waals surface area contributed by atoms with Crippen molar-refractivity contribution in [3.8, 4) is 5.88 Å². The molecule has 1 aliphatic rings. The minimum atomic E-state index is -0.338. The van der Waals surface area contributed by atoms with Crippen LogP contribution in [0.3, 0.4) is 0 Å². The number of nitrogens with one attached hydrogen (secondary N) is 1. The first-order chi connectivity index (χ1) is 10.9. The average Bonchev–Trinajstić information content (AvgIpc) is 2.53. The molecule has 1 unspecified atom stereocenters. The Morgan fingerprint density at radius 2 is 2.17 bits per heavy atom. The molecule has 1 N–H and O–H groups in total. The smallest absolute Gasteiger partial charge is 0.233 e. The SMILES string of the molecule is CCOc1ccc(N2CCCC(CNC(=O)C(C)(C)C)C2)nn1. The number of ether oxygens (including phenoxy) is 1. The molecule has 23 heavy (non-hydrogen) atoms. The summed E-state index contributed by atoms with van der Waals surface area (Å²) in [5, 5.41) is 11.4. The highest BCUT2D eigenvalue weighted by molar-refractivity contribution is 5.81. The third kappa shape index (κ3) is 5.08. The van der Waals surface area contributed by atoms with Crippen LogP contribution in [-0.4, -0.2) is 42.3 Å². The van der Waals surface area contributed by atoms with Crippen LogP contribution < -0.4 is 15.0 Å². The first-order valence-corrected chi connectivity index (χ1v) is 8.40. The van der Waals surface area contributed by atoms with E-state index in [0.717, 1.165) is 38.3 Å². The van der Waals surface area contributed by atoms with Gasteiger partial charge in [-0.05, 0) is 31.7 Å². The van der Waals surface area contributed by atoms with Crippen LogP contribution in [0.5, 0.6) is 5.88 Å². The molecule has 1 fully saturated rings. The largest absolute Gasteiger partial charge is 0.477 e. The van der Waals surface area contributed by atoms with Gasteiger partial charge in [0.2, 0.25) is 11.8 Å².